The van der Waals surface area contributed by atoms with Gasteiger partial charge < -0.3 is 9.13 Å². The Bertz CT molecular complexity index is 1840. The van der Waals surface area contributed by atoms with Gasteiger partial charge in [0, 0.05) is 60.8 Å². The Balaban J connectivity index is 1.29. The van der Waals surface area contributed by atoms with Crippen molar-refractivity contribution in [2.75, 3.05) is 0 Å². The zero-order valence-corrected chi connectivity index (χ0v) is 25.7. The minimum atomic E-state index is 0.408. The van der Waals surface area contributed by atoms with Crippen LogP contribution in [0.15, 0.2) is 72.9 Å². The number of alkyl halides is 2. The first-order valence-electron chi connectivity index (χ1n) is 14.7. The van der Waals surface area contributed by atoms with E-state index in [2.05, 4.69) is 126 Å². The minimum Gasteiger partial charge on any atom is -0.317 e. The number of hydrogen-bond donors (Lipinski definition) is 0. The van der Waals surface area contributed by atoms with Crippen LogP contribution in [0.3, 0.4) is 0 Å². The largest absolute Gasteiger partial charge is 0.317 e. The van der Waals surface area contributed by atoms with Crippen LogP contribution in [0, 0.1) is 0 Å². The van der Waals surface area contributed by atoms with E-state index < -0.39 is 0 Å². The van der Waals surface area contributed by atoms with Crippen LogP contribution in [0.25, 0.3) is 56.5 Å². The number of allylic oxidation sites excluding steroid dienone is 8. The third-order valence-corrected chi connectivity index (χ3v) is 10.4. The first kappa shape index (κ1) is 24.9. The van der Waals surface area contributed by atoms with E-state index in [-0.39, 0.29) is 0 Å². The minimum absolute atomic E-state index is 0.408. The first-order valence-corrected chi connectivity index (χ1v) is 16.5. The average Bonchev–Trinajstić information content (AvgIpc) is 3.49. The predicted octanol–water partition coefficient (Wildman–Crippen LogP) is 10.5. The van der Waals surface area contributed by atoms with Crippen molar-refractivity contribution in [3.8, 4) is 11.1 Å². The maximum Gasteiger partial charge on any atom is 0.0538 e. The molecular formula is C36H32Br2N2. The summed E-state index contributed by atoms with van der Waals surface area (Å²) in [5.74, 6) is 0. The Kier molecular flexibility index (Phi) is 6.18. The molecule has 0 N–H and O–H groups in total. The van der Waals surface area contributed by atoms with Gasteiger partial charge in [-0.1, -0.05) is 86.5 Å². The van der Waals surface area contributed by atoms with Gasteiger partial charge in [0.2, 0.25) is 0 Å². The molecule has 2 nitrogen and oxygen atoms in total. The smallest absolute Gasteiger partial charge is 0.0538 e. The molecule has 0 radical (unpaired) electrons. The molecule has 0 aliphatic heterocycles. The molecule has 0 bridgehead atoms. The van der Waals surface area contributed by atoms with Crippen LogP contribution in [-0.2, 0) is 12.8 Å². The van der Waals surface area contributed by atoms with E-state index in [9.17, 15) is 0 Å². The zero-order valence-electron chi connectivity index (χ0n) is 22.5. The molecule has 4 aliphatic rings. The molecular weight excluding hydrogens is 620 g/mol. The van der Waals surface area contributed by atoms with Gasteiger partial charge in [0.1, 0.15) is 0 Å². The Morgan fingerprint density at radius 2 is 1.30 bits per heavy atom. The summed E-state index contributed by atoms with van der Waals surface area (Å²) in [5, 5.41) is 2.73. The summed E-state index contributed by atoms with van der Waals surface area (Å²) in [4.78, 5) is 0.910. The van der Waals surface area contributed by atoms with Crippen LogP contribution in [0.2, 0.25) is 0 Å². The summed E-state index contributed by atoms with van der Waals surface area (Å²) >= 11 is 7.80. The Hall–Kier alpha value is -2.82. The van der Waals surface area contributed by atoms with Crippen molar-refractivity contribution in [3.63, 3.8) is 0 Å². The molecule has 2 aromatic carbocycles. The van der Waals surface area contributed by atoms with Crippen LogP contribution in [0.4, 0.5) is 0 Å². The Morgan fingerprint density at radius 1 is 0.675 bits per heavy atom. The number of fused-ring (bicyclic) bond motifs is 6. The van der Waals surface area contributed by atoms with Gasteiger partial charge in [-0.25, -0.2) is 0 Å². The molecule has 2 heterocycles. The van der Waals surface area contributed by atoms with Crippen LogP contribution >= 0.6 is 31.9 Å². The van der Waals surface area contributed by atoms with Crippen molar-refractivity contribution in [3.05, 3.63) is 95.4 Å². The van der Waals surface area contributed by atoms with E-state index in [0.717, 1.165) is 51.4 Å². The number of halogens is 2. The summed E-state index contributed by atoms with van der Waals surface area (Å²) in [7, 11) is 0. The van der Waals surface area contributed by atoms with Gasteiger partial charge in [-0.3, -0.25) is 0 Å². The summed E-state index contributed by atoms with van der Waals surface area (Å²) < 4.78 is 5.08. The van der Waals surface area contributed by atoms with Gasteiger partial charge in [-0.2, -0.15) is 0 Å². The molecule has 4 aromatic rings. The molecule has 2 unspecified atom stereocenters. The highest BCUT2D eigenvalue weighted by atomic mass is 79.9. The zero-order chi connectivity index (χ0) is 26.8. The van der Waals surface area contributed by atoms with Gasteiger partial charge in [-0.15, -0.1) is 0 Å². The molecule has 40 heavy (non-hydrogen) atoms. The van der Waals surface area contributed by atoms with Gasteiger partial charge in [0.25, 0.3) is 0 Å². The lowest BCUT2D eigenvalue weighted by Crippen LogP contribution is -2.17. The highest BCUT2D eigenvalue weighted by Crippen LogP contribution is 2.41. The van der Waals surface area contributed by atoms with Crippen molar-refractivity contribution in [2.45, 2.75) is 61.0 Å². The van der Waals surface area contributed by atoms with Crippen LogP contribution in [-0.4, -0.2) is 18.8 Å². The topological polar surface area (TPSA) is 9.86 Å². The lowest BCUT2D eigenvalue weighted by molar-refractivity contribution is 0.753. The number of hydrogen-bond acceptors (Lipinski definition) is 0. The van der Waals surface area contributed by atoms with Crippen molar-refractivity contribution in [1.82, 2.24) is 9.13 Å². The summed E-state index contributed by atoms with van der Waals surface area (Å²) in [6.07, 6.45) is 27.7. The number of benzene rings is 2. The molecule has 4 heteroatoms. The SMILES string of the molecule is BrC1C=C(n2c3c(c4cc(-c5ccc6c(c5)c5c(n6C6=CCCC=C6)CCC=C5)ccc42)C=CCC3)CC(Br)C1. The highest BCUT2D eigenvalue weighted by molar-refractivity contribution is 9.10. The lowest BCUT2D eigenvalue weighted by Gasteiger charge is -2.25. The molecule has 0 fully saturated rings. The van der Waals surface area contributed by atoms with E-state index in [1.54, 1.807) is 0 Å². The van der Waals surface area contributed by atoms with Crippen molar-refractivity contribution < 1.29 is 0 Å². The fourth-order valence-corrected chi connectivity index (χ4v) is 9.25. The monoisotopic (exact) mass is 650 g/mol. The maximum atomic E-state index is 3.92. The highest BCUT2D eigenvalue weighted by Gasteiger charge is 2.26. The van der Waals surface area contributed by atoms with E-state index >= 15 is 0 Å². The van der Waals surface area contributed by atoms with Crippen LogP contribution in [0.1, 0.15) is 61.0 Å². The summed E-state index contributed by atoms with van der Waals surface area (Å²) in [6.45, 7) is 0. The number of rotatable bonds is 3. The van der Waals surface area contributed by atoms with Crippen molar-refractivity contribution >= 4 is 77.2 Å². The molecule has 200 valence electrons. The standard InChI is InChI=1S/C36H32Br2N2/c37-25-20-26(38)22-28(21-25)40-34-13-7-5-11-30(34)32-19-24(15-17-36(32)40)23-14-16-35-31(18-23)29-10-4-6-12-33(29)39(35)27-8-2-1-3-9-27/h2,4-5,8-11,14-19,21,25-26H,1,3,6-7,12-13,20,22H2. The average molecular weight is 652 g/mol. The van der Waals surface area contributed by atoms with Gasteiger partial charge >= 0.3 is 0 Å². The van der Waals surface area contributed by atoms with Gasteiger partial charge in [0.15, 0.2) is 0 Å². The maximum absolute atomic E-state index is 3.92. The first-order chi connectivity index (χ1) is 19.7. The molecule has 0 spiro atoms. The van der Waals surface area contributed by atoms with Crippen molar-refractivity contribution in [1.29, 1.82) is 0 Å². The molecule has 8 rings (SSSR count). The van der Waals surface area contributed by atoms with E-state index in [0.29, 0.717) is 9.65 Å². The molecule has 0 saturated carbocycles. The predicted molar refractivity (Wildman–Crippen MR) is 179 cm³/mol. The third-order valence-electron chi connectivity index (χ3n) is 9.02. The molecule has 0 amide bonds. The van der Waals surface area contributed by atoms with E-state index in [1.807, 2.05) is 0 Å². The second kappa shape index (κ2) is 9.92. The van der Waals surface area contributed by atoms with E-state index in [1.165, 1.54) is 66.8 Å². The fraction of sp³-hybridized carbons (Fsp3) is 0.278. The van der Waals surface area contributed by atoms with Crippen molar-refractivity contribution in [2.24, 2.45) is 0 Å². The normalized spacial score (nSPS) is 21.9. The van der Waals surface area contributed by atoms with Gasteiger partial charge in [0.05, 0.1) is 11.0 Å². The third kappa shape index (κ3) is 4.01. The number of aromatic nitrogens is 2. The van der Waals surface area contributed by atoms with E-state index in [4.69, 9.17) is 0 Å². The molecule has 2 atom stereocenters. The fourth-order valence-electron chi connectivity index (χ4n) is 7.26. The van der Waals surface area contributed by atoms with Crippen LogP contribution < -0.4 is 0 Å². The second-order valence-electron chi connectivity index (χ2n) is 11.6. The quantitative estimate of drug-likeness (QED) is 0.195. The Morgan fingerprint density at radius 3 is 1.93 bits per heavy atom. The number of nitrogens with zero attached hydrogens (tertiary/aromatic N) is 2. The summed E-state index contributed by atoms with van der Waals surface area (Å²) in [6, 6.07) is 14.2. The molecule has 4 aliphatic carbocycles. The summed E-state index contributed by atoms with van der Waals surface area (Å²) in [5.41, 5.74) is 13.7. The molecule has 0 saturated heterocycles. The van der Waals surface area contributed by atoms with Crippen LogP contribution in [0.5, 0.6) is 0 Å². The Labute approximate surface area is 252 Å². The lowest BCUT2D eigenvalue weighted by atomic mass is 9.97. The molecule has 2 aromatic heterocycles. The van der Waals surface area contributed by atoms with Gasteiger partial charge in [-0.05, 0) is 86.4 Å². The second-order valence-corrected chi connectivity index (χ2v) is 14.0.